The fourth-order valence-corrected chi connectivity index (χ4v) is 5.79. The van der Waals surface area contributed by atoms with E-state index in [2.05, 4.69) is 0 Å². The summed E-state index contributed by atoms with van der Waals surface area (Å²) in [5.41, 5.74) is 1.42. The number of likely N-dealkylation sites (tertiary alicyclic amines) is 1. The molecule has 0 aromatic heterocycles. The van der Waals surface area contributed by atoms with Crippen molar-refractivity contribution < 1.29 is 17.9 Å². The van der Waals surface area contributed by atoms with E-state index in [1.807, 2.05) is 29.2 Å². The van der Waals surface area contributed by atoms with Crippen molar-refractivity contribution in [1.82, 2.24) is 9.21 Å². The van der Waals surface area contributed by atoms with Crippen LogP contribution >= 0.6 is 11.6 Å². The summed E-state index contributed by atoms with van der Waals surface area (Å²) in [7, 11) is -3.64. The minimum atomic E-state index is -3.64. The van der Waals surface area contributed by atoms with Crippen molar-refractivity contribution in [2.24, 2.45) is 0 Å². The predicted octanol–water partition coefficient (Wildman–Crippen LogP) is 3.21. The van der Waals surface area contributed by atoms with Crippen LogP contribution in [-0.4, -0.2) is 62.4 Å². The zero-order chi connectivity index (χ0) is 21.1. The van der Waals surface area contributed by atoms with Crippen LogP contribution in [0.1, 0.15) is 28.8 Å². The Morgan fingerprint density at radius 3 is 2.60 bits per heavy atom. The van der Waals surface area contributed by atoms with Crippen molar-refractivity contribution >= 4 is 27.5 Å². The smallest absolute Gasteiger partial charge is 0.254 e. The molecule has 160 valence electrons. The Morgan fingerprint density at radius 1 is 1.07 bits per heavy atom. The molecule has 1 amide bonds. The van der Waals surface area contributed by atoms with E-state index in [1.165, 1.54) is 10.4 Å². The fraction of sp³-hybridized carbons (Fsp3) is 0.409. The van der Waals surface area contributed by atoms with Gasteiger partial charge >= 0.3 is 0 Å². The van der Waals surface area contributed by atoms with Crippen LogP contribution in [0.15, 0.2) is 53.4 Å². The lowest BCUT2D eigenvalue weighted by Crippen LogP contribution is -2.40. The second kappa shape index (κ2) is 9.06. The zero-order valence-electron chi connectivity index (χ0n) is 16.7. The van der Waals surface area contributed by atoms with Crippen molar-refractivity contribution in [3.63, 3.8) is 0 Å². The highest BCUT2D eigenvalue weighted by Crippen LogP contribution is 2.27. The van der Waals surface area contributed by atoms with E-state index in [4.69, 9.17) is 16.3 Å². The molecular formula is C22H25ClN2O4S. The summed E-state index contributed by atoms with van der Waals surface area (Å²) in [5.74, 6) is -0.136. The minimum Gasteiger partial charge on any atom is -0.379 e. The lowest BCUT2D eigenvalue weighted by molar-refractivity contribution is 0.0727. The third kappa shape index (κ3) is 4.39. The number of benzene rings is 2. The maximum absolute atomic E-state index is 13.3. The van der Waals surface area contributed by atoms with Crippen LogP contribution in [0.5, 0.6) is 0 Å². The highest BCUT2D eigenvalue weighted by Gasteiger charge is 2.31. The van der Waals surface area contributed by atoms with Gasteiger partial charge in [0.25, 0.3) is 5.91 Å². The van der Waals surface area contributed by atoms with Crippen LogP contribution in [0.25, 0.3) is 0 Å². The Balaban J connectivity index is 1.54. The second-order valence-electron chi connectivity index (χ2n) is 7.63. The summed E-state index contributed by atoms with van der Waals surface area (Å²) in [6, 6.07) is 14.1. The molecular weight excluding hydrogens is 424 g/mol. The molecule has 6 nitrogen and oxygen atoms in total. The van der Waals surface area contributed by atoms with Gasteiger partial charge in [0.15, 0.2) is 0 Å². The minimum absolute atomic E-state index is 0.0527. The van der Waals surface area contributed by atoms with Crippen LogP contribution in [0.2, 0.25) is 5.02 Å². The highest BCUT2D eigenvalue weighted by atomic mass is 35.5. The number of hydrogen-bond acceptors (Lipinski definition) is 4. The fourth-order valence-electron chi connectivity index (χ4n) is 4.12. The summed E-state index contributed by atoms with van der Waals surface area (Å²) in [4.78, 5) is 15.3. The summed E-state index contributed by atoms with van der Waals surface area (Å²) in [6.07, 6.45) is 2.52. The van der Waals surface area contributed by atoms with Crippen LogP contribution in [0.3, 0.4) is 0 Å². The first-order chi connectivity index (χ1) is 14.5. The van der Waals surface area contributed by atoms with E-state index in [0.29, 0.717) is 49.9 Å². The van der Waals surface area contributed by atoms with E-state index in [-0.39, 0.29) is 16.8 Å². The molecule has 30 heavy (non-hydrogen) atoms. The summed E-state index contributed by atoms with van der Waals surface area (Å²) < 4.78 is 32.6. The Morgan fingerprint density at radius 2 is 1.83 bits per heavy atom. The van der Waals surface area contributed by atoms with Crippen molar-refractivity contribution in [1.29, 1.82) is 0 Å². The average Bonchev–Trinajstić information content (AvgIpc) is 3.23. The molecule has 2 aliphatic rings. The van der Waals surface area contributed by atoms with Gasteiger partial charge in [0.1, 0.15) is 0 Å². The third-order valence-corrected chi connectivity index (χ3v) is 8.00. The largest absolute Gasteiger partial charge is 0.379 e. The molecule has 2 saturated heterocycles. The van der Waals surface area contributed by atoms with Crippen molar-refractivity contribution in [3.8, 4) is 0 Å². The van der Waals surface area contributed by atoms with Crippen molar-refractivity contribution in [2.75, 3.05) is 32.8 Å². The Hall–Kier alpha value is -1.93. The van der Waals surface area contributed by atoms with Gasteiger partial charge in [-0.05, 0) is 49.1 Å². The molecule has 0 saturated carbocycles. The number of rotatable bonds is 5. The number of nitrogens with zero attached hydrogens (tertiary/aromatic N) is 2. The van der Waals surface area contributed by atoms with Gasteiger partial charge in [-0.2, -0.15) is 4.31 Å². The lowest BCUT2D eigenvalue weighted by atomic mass is 10.0. The first-order valence-electron chi connectivity index (χ1n) is 10.2. The SMILES string of the molecule is O=C(c1cccc(S(=O)(=O)N2CCOCC2)c1)N1CCCC1Cc1ccccc1Cl. The third-order valence-electron chi connectivity index (χ3n) is 5.74. The molecule has 2 aromatic carbocycles. The van der Waals surface area contributed by atoms with E-state index >= 15 is 0 Å². The standard InChI is InChI=1S/C22H25ClN2O4S/c23-21-9-2-1-5-17(21)15-19-7-4-10-25(19)22(26)18-6-3-8-20(16-18)30(27,28)24-11-13-29-14-12-24/h1-3,5-6,8-9,16,19H,4,7,10-15H2. The number of morpholine rings is 1. The number of carbonyl (C=O) groups excluding carboxylic acids is 1. The van der Waals surface area contributed by atoms with E-state index in [0.717, 1.165) is 18.4 Å². The van der Waals surface area contributed by atoms with Gasteiger partial charge in [-0.1, -0.05) is 35.9 Å². The van der Waals surface area contributed by atoms with Gasteiger partial charge in [0, 0.05) is 36.3 Å². The van der Waals surface area contributed by atoms with Gasteiger partial charge in [-0.15, -0.1) is 0 Å². The molecule has 2 fully saturated rings. The molecule has 1 unspecified atom stereocenters. The van der Waals surface area contributed by atoms with Crippen LogP contribution in [-0.2, 0) is 21.2 Å². The van der Waals surface area contributed by atoms with Gasteiger partial charge in [0.05, 0.1) is 18.1 Å². The van der Waals surface area contributed by atoms with Gasteiger partial charge < -0.3 is 9.64 Å². The topological polar surface area (TPSA) is 66.9 Å². The lowest BCUT2D eigenvalue weighted by Gasteiger charge is -2.27. The molecule has 0 bridgehead atoms. The first kappa shape index (κ1) is 21.3. The monoisotopic (exact) mass is 448 g/mol. The van der Waals surface area contributed by atoms with Gasteiger partial charge in [-0.25, -0.2) is 8.42 Å². The highest BCUT2D eigenvalue weighted by molar-refractivity contribution is 7.89. The number of ether oxygens (including phenoxy) is 1. The Labute approximate surface area is 182 Å². The summed E-state index contributed by atoms with van der Waals surface area (Å²) in [6.45, 7) is 2.08. The molecule has 0 aliphatic carbocycles. The Bertz CT molecular complexity index is 1020. The van der Waals surface area contributed by atoms with Crippen LogP contribution < -0.4 is 0 Å². The van der Waals surface area contributed by atoms with Crippen molar-refractivity contribution in [3.05, 3.63) is 64.7 Å². The van der Waals surface area contributed by atoms with Crippen molar-refractivity contribution in [2.45, 2.75) is 30.2 Å². The predicted molar refractivity (Wildman–Crippen MR) is 115 cm³/mol. The molecule has 2 aromatic rings. The summed E-state index contributed by atoms with van der Waals surface area (Å²) in [5, 5.41) is 0.704. The zero-order valence-corrected chi connectivity index (χ0v) is 18.2. The summed E-state index contributed by atoms with van der Waals surface area (Å²) >= 11 is 6.31. The number of amides is 1. The molecule has 4 rings (SSSR count). The quantitative estimate of drug-likeness (QED) is 0.704. The number of carbonyl (C=O) groups is 1. The van der Waals surface area contributed by atoms with Gasteiger partial charge in [-0.3, -0.25) is 4.79 Å². The van der Waals surface area contributed by atoms with E-state index < -0.39 is 10.0 Å². The number of hydrogen-bond donors (Lipinski definition) is 0. The number of sulfonamides is 1. The van der Waals surface area contributed by atoms with Crippen LogP contribution in [0, 0.1) is 0 Å². The Kier molecular flexibility index (Phi) is 6.43. The molecule has 8 heteroatoms. The maximum Gasteiger partial charge on any atom is 0.254 e. The molecule has 0 radical (unpaired) electrons. The van der Waals surface area contributed by atoms with E-state index in [1.54, 1.807) is 18.2 Å². The number of halogens is 1. The normalized spacial score (nSPS) is 20.4. The van der Waals surface area contributed by atoms with Gasteiger partial charge in [0.2, 0.25) is 10.0 Å². The molecule has 2 heterocycles. The molecule has 2 aliphatic heterocycles. The first-order valence-corrected chi connectivity index (χ1v) is 12.0. The second-order valence-corrected chi connectivity index (χ2v) is 9.98. The molecule has 0 N–H and O–H groups in total. The van der Waals surface area contributed by atoms with E-state index in [9.17, 15) is 13.2 Å². The maximum atomic E-state index is 13.3. The molecule has 0 spiro atoms. The van der Waals surface area contributed by atoms with Crippen LogP contribution in [0.4, 0.5) is 0 Å². The molecule has 1 atom stereocenters. The average molecular weight is 449 g/mol.